The van der Waals surface area contributed by atoms with E-state index in [0.717, 1.165) is 38.0 Å². The van der Waals surface area contributed by atoms with Crippen molar-refractivity contribution in [1.29, 1.82) is 0 Å². The van der Waals surface area contributed by atoms with Crippen LogP contribution in [0.3, 0.4) is 0 Å². The van der Waals surface area contributed by atoms with E-state index in [0.29, 0.717) is 17.6 Å². The molecule has 1 aliphatic heterocycles. The number of rotatable bonds is 5. The molecule has 37 heavy (non-hydrogen) atoms. The quantitative estimate of drug-likeness (QED) is 0.431. The van der Waals surface area contributed by atoms with E-state index >= 15 is 0 Å². The number of piperidine rings is 1. The Morgan fingerprint density at radius 1 is 1.14 bits per heavy atom. The van der Waals surface area contributed by atoms with Gasteiger partial charge >= 0.3 is 12.1 Å². The lowest BCUT2D eigenvalue weighted by molar-refractivity contribution is 0.132. The average Bonchev–Trinajstić information content (AvgIpc) is 3.33. The lowest BCUT2D eigenvalue weighted by atomic mass is 10.0. The zero-order chi connectivity index (χ0) is 27.0. The number of hydrogen-bond donors (Lipinski definition) is 3. The maximum absolute atomic E-state index is 13.0. The molecule has 2 aromatic carbocycles. The van der Waals surface area contributed by atoms with Gasteiger partial charge < -0.3 is 16.0 Å². The highest BCUT2D eigenvalue weighted by atomic mass is 32.2. The zero-order valence-electron chi connectivity index (χ0n) is 20.8. The molecular weight excluding hydrogens is 496 g/mol. The summed E-state index contributed by atoms with van der Waals surface area (Å²) in [5.74, 6) is 0. The van der Waals surface area contributed by atoms with Gasteiger partial charge in [-0.25, -0.2) is 14.6 Å². The van der Waals surface area contributed by atoms with E-state index in [1.54, 1.807) is 24.4 Å². The minimum absolute atomic E-state index is 0.100. The smallest absolute Gasteiger partial charge is 0.329 e. The van der Waals surface area contributed by atoms with Crippen molar-refractivity contribution in [3.05, 3.63) is 72.7 Å². The van der Waals surface area contributed by atoms with Crippen molar-refractivity contribution in [3.63, 3.8) is 0 Å². The highest BCUT2D eigenvalue weighted by Gasteiger charge is 2.26. The first-order valence-electron chi connectivity index (χ1n) is 11.7. The summed E-state index contributed by atoms with van der Waals surface area (Å²) >= 11 is 0. The van der Waals surface area contributed by atoms with Gasteiger partial charge in [-0.15, -0.1) is 0 Å². The van der Waals surface area contributed by atoms with Gasteiger partial charge in [0.05, 0.1) is 11.9 Å². The lowest BCUT2D eigenvalue weighted by Crippen LogP contribution is -2.46. The summed E-state index contributed by atoms with van der Waals surface area (Å²) in [6.45, 7) is 2.87. The number of likely N-dealkylation sites (tertiary alicyclic amines) is 1. The molecule has 2 heterocycles. The summed E-state index contributed by atoms with van der Waals surface area (Å²) in [6.07, 6.45) is 5.85. The van der Waals surface area contributed by atoms with Gasteiger partial charge in [0, 0.05) is 50.2 Å². The summed E-state index contributed by atoms with van der Waals surface area (Å²) in [7, 11) is -1.81. The van der Waals surface area contributed by atoms with Crippen molar-refractivity contribution in [2.45, 2.75) is 25.4 Å². The minimum Gasteiger partial charge on any atom is -0.351 e. The van der Waals surface area contributed by atoms with E-state index in [4.69, 9.17) is 10.3 Å². The molecule has 12 heteroatoms. The fourth-order valence-electron chi connectivity index (χ4n) is 4.12. The molecule has 11 nitrogen and oxygen atoms in total. The number of imidazole rings is 1. The SMILES string of the molecule is CN(C(=O)n1cnc(-c2cccc(NC(N)=O)c2)c1)C1CCN(Cc2ccccc2)CC1.CS(=O)(=O)O. The molecule has 0 bridgehead atoms. The Kier molecular flexibility index (Phi) is 9.39. The molecule has 3 amide bonds. The monoisotopic (exact) mass is 528 g/mol. The van der Waals surface area contributed by atoms with Crippen LogP contribution in [0.25, 0.3) is 11.3 Å². The molecule has 3 aromatic rings. The molecule has 1 fully saturated rings. The number of benzene rings is 2. The topological polar surface area (TPSA) is 151 Å². The standard InChI is InChI=1S/C24H28N6O2.CH4O3S/c1-28(21-10-12-29(13-11-21)15-18-6-3-2-4-7-18)24(32)30-16-22(26-17-30)19-8-5-9-20(14-19)27-23(25)31;1-5(2,3)4/h2-9,14,16-17,21H,10-13,15H2,1H3,(H3,25,27,31);1H3,(H,2,3,4). The maximum atomic E-state index is 13.0. The fraction of sp³-hybridized carbons (Fsp3) is 0.320. The number of hydrogen-bond acceptors (Lipinski definition) is 6. The number of nitrogens with two attached hydrogens (primary N) is 1. The van der Waals surface area contributed by atoms with Gasteiger partial charge in [-0.05, 0) is 30.5 Å². The number of anilines is 1. The highest BCUT2D eigenvalue weighted by molar-refractivity contribution is 7.85. The summed E-state index contributed by atoms with van der Waals surface area (Å²) in [4.78, 5) is 32.8. The Morgan fingerprint density at radius 2 is 1.78 bits per heavy atom. The second kappa shape index (κ2) is 12.5. The summed E-state index contributed by atoms with van der Waals surface area (Å²) in [5, 5.41) is 2.55. The van der Waals surface area contributed by atoms with Gasteiger partial charge in [0.2, 0.25) is 0 Å². The van der Waals surface area contributed by atoms with E-state index in [1.807, 2.05) is 24.1 Å². The summed E-state index contributed by atoms with van der Waals surface area (Å²) in [5.41, 5.74) is 8.52. The van der Waals surface area contributed by atoms with E-state index in [-0.39, 0.29) is 12.1 Å². The van der Waals surface area contributed by atoms with Gasteiger partial charge in [-0.2, -0.15) is 8.42 Å². The van der Waals surface area contributed by atoms with Gasteiger partial charge in [-0.3, -0.25) is 14.0 Å². The molecule has 0 radical (unpaired) electrons. The Hall–Kier alpha value is -3.74. The predicted octanol–water partition coefficient (Wildman–Crippen LogP) is 3.11. The first-order chi connectivity index (χ1) is 17.5. The summed E-state index contributed by atoms with van der Waals surface area (Å²) in [6, 6.07) is 17.1. The highest BCUT2D eigenvalue weighted by Crippen LogP contribution is 2.22. The first kappa shape index (κ1) is 27.8. The Balaban J connectivity index is 0.000000695. The molecule has 4 rings (SSSR count). The molecule has 1 aromatic heterocycles. The van der Waals surface area contributed by atoms with Crippen LogP contribution in [0.5, 0.6) is 0 Å². The zero-order valence-corrected chi connectivity index (χ0v) is 21.6. The van der Waals surface area contributed by atoms with Crippen molar-refractivity contribution in [1.82, 2.24) is 19.4 Å². The largest absolute Gasteiger partial charge is 0.351 e. The Morgan fingerprint density at radius 3 is 2.41 bits per heavy atom. The second-order valence-electron chi connectivity index (χ2n) is 8.86. The molecule has 0 spiro atoms. The van der Waals surface area contributed by atoms with Crippen LogP contribution in [0.15, 0.2) is 67.1 Å². The number of urea groups is 1. The van der Waals surface area contributed by atoms with Gasteiger partial charge in [0.15, 0.2) is 0 Å². The van der Waals surface area contributed by atoms with Crippen molar-refractivity contribution in [2.24, 2.45) is 5.73 Å². The van der Waals surface area contributed by atoms with Crippen LogP contribution in [0.1, 0.15) is 18.4 Å². The second-order valence-corrected chi connectivity index (χ2v) is 10.3. The number of nitrogens with one attached hydrogen (secondary N) is 1. The van der Waals surface area contributed by atoms with Crippen LogP contribution in [0.2, 0.25) is 0 Å². The number of primary amides is 1. The third kappa shape index (κ3) is 9.01. The molecule has 1 saturated heterocycles. The van der Waals surface area contributed by atoms with Crippen LogP contribution in [-0.2, 0) is 16.7 Å². The average molecular weight is 529 g/mol. The van der Waals surface area contributed by atoms with Crippen LogP contribution in [-0.4, -0.2) is 76.8 Å². The van der Waals surface area contributed by atoms with E-state index in [2.05, 4.69) is 39.5 Å². The van der Waals surface area contributed by atoms with Gasteiger partial charge in [-0.1, -0.05) is 42.5 Å². The fourth-order valence-corrected chi connectivity index (χ4v) is 4.12. The Bertz CT molecular complexity index is 1300. The molecule has 0 atom stereocenters. The molecule has 1 aliphatic rings. The summed E-state index contributed by atoms with van der Waals surface area (Å²) < 4.78 is 27.4. The number of carbonyl (C=O) groups excluding carboxylic acids is 2. The van der Waals surface area contributed by atoms with Crippen LogP contribution in [0.4, 0.5) is 15.3 Å². The normalized spacial score (nSPS) is 14.4. The van der Waals surface area contributed by atoms with Crippen molar-refractivity contribution in [2.75, 3.05) is 31.7 Å². The van der Waals surface area contributed by atoms with Gasteiger partial charge in [0.25, 0.3) is 10.1 Å². The molecule has 0 saturated carbocycles. The van der Waals surface area contributed by atoms with Crippen molar-refractivity contribution in [3.8, 4) is 11.3 Å². The van der Waals surface area contributed by atoms with Gasteiger partial charge in [0.1, 0.15) is 6.33 Å². The molecular formula is C25H32N6O5S. The maximum Gasteiger partial charge on any atom is 0.329 e. The molecule has 198 valence electrons. The lowest BCUT2D eigenvalue weighted by Gasteiger charge is -2.36. The number of carbonyl (C=O) groups is 2. The van der Waals surface area contributed by atoms with E-state index < -0.39 is 16.1 Å². The van der Waals surface area contributed by atoms with Crippen LogP contribution >= 0.6 is 0 Å². The van der Waals surface area contributed by atoms with E-state index in [1.165, 1.54) is 16.5 Å². The molecule has 4 N–H and O–H groups in total. The van der Waals surface area contributed by atoms with Crippen molar-refractivity contribution < 1.29 is 22.6 Å². The number of nitrogens with zero attached hydrogens (tertiary/aromatic N) is 4. The van der Waals surface area contributed by atoms with E-state index in [9.17, 15) is 18.0 Å². The third-order valence-electron chi connectivity index (χ3n) is 5.88. The Labute approximate surface area is 216 Å². The van der Waals surface area contributed by atoms with Crippen LogP contribution in [0, 0.1) is 0 Å². The molecule has 0 unspecified atom stereocenters. The number of aromatic nitrogens is 2. The molecule has 0 aliphatic carbocycles. The minimum atomic E-state index is -3.67. The number of amides is 3. The third-order valence-corrected chi connectivity index (χ3v) is 5.88. The first-order valence-corrected chi connectivity index (χ1v) is 13.5. The van der Waals surface area contributed by atoms with Crippen LogP contribution < -0.4 is 11.1 Å². The van der Waals surface area contributed by atoms with Crippen molar-refractivity contribution >= 4 is 27.9 Å². The predicted molar refractivity (Wildman–Crippen MR) is 142 cm³/mol.